The summed E-state index contributed by atoms with van der Waals surface area (Å²) in [5.74, 6) is 0.330. The number of hydrogen-bond donors (Lipinski definition) is 1. The number of hydrogen-bond acceptors (Lipinski definition) is 6. The van der Waals surface area contributed by atoms with Crippen molar-refractivity contribution >= 4 is 16.9 Å². The Morgan fingerprint density at radius 1 is 1.22 bits per heavy atom. The lowest BCUT2D eigenvalue weighted by atomic mass is 10.1. The van der Waals surface area contributed by atoms with Crippen molar-refractivity contribution in [3.8, 4) is 5.75 Å². The fraction of sp³-hybridized carbons (Fsp3) is 0.500. The Hall–Kier alpha value is -2.38. The molecule has 1 amide bonds. The Kier molecular flexibility index (Phi) is 6.47. The molecular weight excluding hydrogens is 348 g/mol. The lowest BCUT2D eigenvalue weighted by molar-refractivity contribution is -0.123. The van der Waals surface area contributed by atoms with E-state index in [0.717, 1.165) is 50.2 Å². The van der Waals surface area contributed by atoms with Gasteiger partial charge >= 0.3 is 5.63 Å². The number of morpholine rings is 1. The fourth-order valence-electron chi connectivity index (χ4n) is 3.07. The lowest BCUT2D eigenvalue weighted by Gasteiger charge is -2.26. The van der Waals surface area contributed by atoms with Gasteiger partial charge in [-0.15, -0.1) is 0 Å². The molecule has 2 heterocycles. The smallest absolute Gasteiger partial charge is 0.339 e. The molecule has 1 aliphatic heterocycles. The van der Waals surface area contributed by atoms with Crippen LogP contribution in [0, 0.1) is 13.8 Å². The highest BCUT2D eigenvalue weighted by atomic mass is 16.5. The first kappa shape index (κ1) is 19.4. The Bertz CT molecular complexity index is 855. The van der Waals surface area contributed by atoms with Crippen molar-refractivity contribution in [2.24, 2.45) is 0 Å². The SMILES string of the molecule is Cc1c(C)c2ccc(OCC(=O)NCCCN3CCOCC3)cc2oc1=O. The largest absolute Gasteiger partial charge is 0.484 e. The van der Waals surface area contributed by atoms with Gasteiger partial charge in [0.1, 0.15) is 11.3 Å². The predicted molar refractivity (Wildman–Crippen MR) is 102 cm³/mol. The number of nitrogens with zero attached hydrogens (tertiary/aromatic N) is 1. The van der Waals surface area contributed by atoms with Crippen LogP contribution in [0.5, 0.6) is 5.75 Å². The Balaban J connectivity index is 1.45. The van der Waals surface area contributed by atoms with E-state index < -0.39 is 0 Å². The number of carbonyl (C=O) groups is 1. The number of nitrogens with one attached hydrogen (secondary N) is 1. The van der Waals surface area contributed by atoms with Gasteiger partial charge in [-0.3, -0.25) is 9.69 Å². The maximum Gasteiger partial charge on any atom is 0.339 e. The minimum absolute atomic E-state index is 0.0713. The second-order valence-corrected chi connectivity index (χ2v) is 6.74. The first-order valence-electron chi connectivity index (χ1n) is 9.28. The van der Waals surface area contributed by atoms with Crippen LogP contribution in [-0.2, 0) is 9.53 Å². The average molecular weight is 374 g/mol. The lowest BCUT2D eigenvalue weighted by Crippen LogP contribution is -2.38. The van der Waals surface area contributed by atoms with Gasteiger partial charge in [0.2, 0.25) is 0 Å². The molecule has 1 aromatic carbocycles. The topological polar surface area (TPSA) is 81.0 Å². The molecule has 0 atom stereocenters. The highest BCUT2D eigenvalue weighted by Gasteiger charge is 2.11. The summed E-state index contributed by atoms with van der Waals surface area (Å²) in [6.45, 7) is 8.60. The Morgan fingerprint density at radius 2 is 2.00 bits per heavy atom. The molecule has 7 heteroatoms. The van der Waals surface area contributed by atoms with E-state index in [-0.39, 0.29) is 18.1 Å². The molecule has 0 unspecified atom stereocenters. The second-order valence-electron chi connectivity index (χ2n) is 6.74. The van der Waals surface area contributed by atoms with Gasteiger partial charge in [-0.1, -0.05) is 0 Å². The van der Waals surface area contributed by atoms with Crippen LogP contribution in [0.3, 0.4) is 0 Å². The van der Waals surface area contributed by atoms with Crippen molar-refractivity contribution in [3.63, 3.8) is 0 Å². The number of benzene rings is 1. The van der Waals surface area contributed by atoms with E-state index in [1.807, 2.05) is 13.0 Å². The van der Waals surface area contributed by atoms with Crippen molar-refractivity contribution in [2.75, 3.05) is 46.0 Å². The molecule has 1 N–H and O–H groups in total. The molecule has 0 spiro atoms. The number of rotatable bonds is 7. The Morgan fingerprint density at radius 3 is 2.78 bits per heavy atom. The van der Waals surface area contributed by atoms with Gasteiger partial charge in [0.15, 0.2) is 6.61 Å². The van der Waals surface area contributed by atoms with Gasteiger partial charge in [-0.05, 0) is 44.5 Å². The van der Waals surface area contributed by atoms with E-state index in [9.17, 15) is 9.59 Å². The predicted octanol–water partition coefficient (Wildman–Crippen LogP) is 1.63. The molecule has 1 aliphatic rings. The van der Waals surface area contributed by atoms with Crippen LogP contribution in [0.25, 0.3) is 11.0 Å². The minimum atomic E-state index is -0.352. The molecule has 7 nitrogen and oxygen atoms in total. The average Bonchev–Trinajstić information content (AvgIpc) is 2.68. The van der Waals surface area contributed by atoms with Crippen molar-refractivity contribution in [1.29, 1.82) is 0 Å². The van der Waals surface area contributed by atoms with E-state index in [0.29, 0.717) is 23.4 Å². The first-order chi connectivity index (χ1) is 13.0. The zero-order chi connectivity index (χ0) is 19.2. The van der Waals surface area contributed by atoms with Gasteiger partial charge < -0.3 is 19.2 Å². The van der Waals surface area contributed by atoms with Crippen molar-refractivity contribution in [2.45, 2.75) is 20.3 Å². The molecule has 1 aromatic heterocycles. The van der Waals surface area contributed by atoms with Gasteiger partial charge in [0.25, 0.3) is 5.91 Å². The van der Waals surface area contributed by atoms with E-state index in [1.165, 1.54) is 0 Å². The highest BCUT2D eigenvalue weighted by Crippen LogP contribution is 2.23. The summed E-state index contributed by atoms with van der Waals surface area (Å²) < 4.78 is 16.2. The molecule has 2 aromatic rings. The maximum absolute atomic E-state index is 11.9. The normalized spacial score (nSPS) is 15.0. The van der Waals surface area contributed by atoms with Gasteiger partial charge in [-0.25, -0.2) is 4.79 Å². The van der Waals surface area contributed by atoms with E-state index in [2.05, 4.69) is 10.2 Å². The quantitative estimate of drug-likeness (QED) is 0.586. The summed E-state index contributed by atoms with van der Waals surface area (Å²) in [5.41, 5.74) is 1.61. The molecule has 146 valence electrons. The number of amides is 1. The van der Waals surface area contributed by atoms with Gasteiger partial charge in [0.05, 0.1) is 13.2 Å². The summed E-state index contributed by atoms with van der Waals surface area (Å²) in [5, 5.41) is 3.73. The molecule has 3 rings (SSSR count). The van der Waals surface area contributed by atoms with Crippen molar-refractivity contribution in [1.82, 2.24) is 10.2 Å². The van der Waals surface area contributed by atoms with E-state index in [1.54, 1.807) is 19.1 Å². The van der Waals surface area contributed by atoms with Crippen LogP contribution < -0.4 is 15.7 Å². The molecule has 1 fully saturated rings. The highest BCUT2D eigenvalue weighted by molar-refractivity contribution is 5.82. The zero-order valence-electron chi connectivity index (χ0n) is 15.9. The first-order valence-corrected chi connectivity index (χ1v) is 9.28. The van der Waals surface area contributed by atoms with Crippen LogP contribution >= 0.6 is 0 Å². The summed E-state index contributed by atoms with van der Waals surface area (Å²) in [7, 11) is 0. The van der Waals surface area contributed by atoms with Gasteiger partial charge in [-0.2, -0.15) is 0 Å². The zero-order valence-corrected chi connectivity index (χ0v) is 15.9. The third kappa shape index (κ3) is 5.08. The van der Waals surface area contributed by atoms with Crippen LogP contribution in [0.4, 0.5) is 0 Å². The van der Waals surface area contributed by atoms with E-state index >= 15 is 0 Å². The molecular formula is C20H26N2O5. The van der Waals surface area contributed by atoms with Crippen LogP contribution in [0.15, 0.2) is 27.4 Å². The molecule has 0 aliphatic carbocycles. The number of carbonyl (C=O) groups excluding carboxylic acids is 1. The van der Waals surface area contributed by atoms with Crippen LogP contribution in [-0.4, -0.2) is 56.8 Å². The van der Waals surface area contributed by atoms with E-state index in [4.69, 9.17) is 13.9 Å². The molecule has 27 heavy (non-hydrogen) atoms. The third-order valence-corrected chi connectivity index (χ3v) is 4.88. The monoisotopic (exact) mass is 374 g/mol. The molecule has 0 radical (unpaired) electrons. The van der Waals surface area contributed by atoms with Crippen LogP contribution in [0.1, 0.15) is 17.5 Å². The third-order valence-electron chi connectivity index (χ3n) is 4.88. The Labute approximate surface area is 158 Å². The standard InChI is InChI=1S/C20H26N2O5/c1-14-15(2)20(24)27-18-12-16(4-5-17(14)18)26-13-19(23)21-6-3-7-22-8-10-25-11-9-22/h4-5,12H,3,6-11,13H2,1-2H3,(H,21,23). The molecule has 1 saturated heterocycles. The summed E-state index contributed by atoms with van der Waals surface area (Å²) >= 11 is 0. The second kappa shape index (κ2) is 9.01. The minimum Gasteiger partial charge on any atom is -0.484 e. The van der Waals surface area contributed by atoms with Crippen molar-refractivity contribution < 1.29 is 18.7 Å². The van der Waals surface area contributed by atoms with Gasteiger partial charge in [0, 0.05) is 36.7 Å². The summed E-state index contributed by atoms with van der Waals surface area (Å²) in [4.78, 5) is 26.1. The van der Waals surface area contributed by atoms with Crippen molar-refractivity contribution in [3.05, 3.63) is 39.7 Å². The summed E-state index contributed by atoms with van der Waals surface area (Å²) in [6.07, 6.45) is 0.894. The maximum atomic E-state index is 11.9. The number of ether oxygens (including phenoxy) is 2. The fourth-order valence-corrected chi connectivity index (χ4v) is 3.07. The molecule has 0 bridgehead atoms. The van der Waals surface area contributed by atoms with Crippen LogP contribution in [0.2, 0.25) is 0 Å². The number of aryl methyl sites for hydroxylation is 1. The molecule has 0 saturated carbocycles. The summed E-state index contributed by atoms with van der Waals surface area (Å²) in [6, 6.07) is 5.27. The number of fused-ring (bicyclic) bond motifs is 1.